The Morgan fingerprint density at radius 3 is 2.17 bits per heavy atom. The van der Waals surface area contributed by atoms with E-state index in [1.807, 2.05) is 20.8 Å². The Balaban J connectivity index is 2.45. The fraction of sp³-hybridized carbons (Fsp3) is 0.654. The maximum absolute atomic E-state index is 13.0. The van der Waals surface area contributed by atoms with Crippen LogP contribution in [0.15, 0.2) is 47.4 Å². The van der Waals surface area contributed by atoms with Crippen molar-refractivity contribution in [1.29, 1.82) is 0 Å². The summed E-state index contributed by atoms with van der Waals surface area (Å²) in [5.74, 6) is 0. The first-order valence-electron chi connectivity index (χ1n) is 11.5. The fourth-order valence-electron chi connectivity index (χ4n) is 4.35. The number of hydrogen-bond acceptors (Lipinski definition) is 2. The van der Waals surface area contributed by atoms with Crippen LogP contribution in [0.25, 0.3) is 0 Å². The van der Waals surface area contributed by atoms with Gasteiger partial charge in [-0.1, -0.05) is 85.8 Å². The van der Waals surface area contributed by atoms with Gasteiger partial charge in [0.25, 0.3) is 0 Å². The summed E-state index contributed by atoms with van der Waals surface area (Å²) in [7, 11) is 0. The minimum atomic E-state index is -1.22. The van der Waals surface area contributed by atoms with E-state index in [1.54, 1.807) is 0 Å². The molecule has 1 aliphatic rings. The van der Waals surface area contributed by atoms with Gasteiger partial charge in [0.1, 0.15) is 16.1 Å². The van der Waals surface area contributed by atoms with E-state index >= 15 is 0 Å². The van der Waals surface area contributed by atoms with Gasteiger partial charge in [0, 0.05) is 5.41 Å². The predicted molar refractivity (Wildman–Crippen MR) is 129 cm³/mol. The molecule has 1 saturated carbocycles. The maximum Gasteiger partial charge on any atom is 0.144 e. The van der Waals surface area contributed by atoms with E-state index in [0.29, 0.717) is 0 Å². The van der Waals surface area contributed by atoms with Gasteiger partial charge in [-0.05, 0) is 58.4 Å². The Morgan fingerprint density at radius 2 is 1.59 bits per heavy atom. The second-order valence-corrected chi connectivity index (χ2v) is 11.6. The lowest BCUT2D eigenvalue weighted by Gasteiger charge is -2.35. The average molecular weight is 416 g/mol. The number of nitrogens with zero attached hydrogens (tertiary/aromatic N) is 1. The van der Waals surface area contributed by atoms with Crippen molar-refractivity contribution in [1.82, 2.24) is 0 Å². The summed E-state index contributed by atoms with van der Waals surface area (Å²) < 4.78 is 17.7. The Hall–Kier alpha value is -1.06. The molecule has 0 N–H and O–H groups in total. The summed E-state index contributed by atoms with van der Waals surface area (Å²) in [5, 5.41) is 0. The van der Waals surface area contributed by atoms with Crippen LogP contribution in [0.5, 0.6) is 0 Å². The molecule has 0 aromatic heterocycles. The first-order chi connectivity index (χ1) is 13.9. The standard InChI is InChI=1S/C26H41NOS/c1-5-20-26(22-23-17-13-12-14-18-23)21-16-11-9-7-6-8-10-15-19-24(26)27-29(28)25(2,3)4/h5,12-14,17-18H,1,6-11,15-16,19-22H2,2-4H3/b27-24+/t26-,29?/m1/s1. The third-order valence-electron chi connectivity index (χ3n) is 6.07. The van der Waals surface area contributed by atoms with Gasteiger partial charge in [-0.25, -0.2) is 0 Å². The summed E-state index contributed by atoms with van der Waals surface area (Å²) in [6, 6.07) is 10.8. The second-order valence-electron chi connectivity index (χ2n) is 9.66. The molecule has 1 aromatic carbocycles. The highest BCUT2D eigenvalue weighted by atomic mass is 32.2. The first kappa shape index (κ1) is 24.2. The first-order valence-corrected chi connectivity index (χ1v) is 12.6. The maximum atomic E-state index is 13.0. The number of rotatable bonds is 5. The van der Waals surface area contributed by atoms with Crippen LogP contribution in [-0.2, 0) is 17.8 Å². The third-order valence-corrected chi connectivity index (χ3v) is 7.50. The van der Waals surface area contributed by atoms with Crippen molar-refractivity contribution in [3.8, 4) is 0 Å². The topological polar surface area (TPSA) is 35.4 Å². The molecule has 0 heterocycles. The lowest BCUT2D eigenvalue weighted by molar-refractivity contribution is 0.356. The zero-order valence-corrected chi connectivity index (χ0v) is 19.7. The Labute approximate surface area is 182 Å². The van der Waals surface area contributed by atoms with E-state index in [1.165, 1.54) is 56.2 Å². The third kappa shape index (κ3) is 7.94. The van der Waals surface area contributed by atoms with Crippen LogP contribution in [0.1, 0.15) is 97.0 Å². The van der Waals surface area contributed by atoms with Crippen molar-refractivity contribution < 1.29 is 4.55 Å². The quantitative estimate of drug-likeness (QED) is 0.360. The van der Waals surface area contributed by atoms with Crippen LogP contribution < -0.4 is 0 Å². The van der Waals surface area contributed by atoms with Gasteiger partial charge in [0.2, 0.25) is 0 Å². The average Bonchev–Trinajstić information content (AvgIpc) is 2.67. The fourth-order valence-corrected chi connectivity index (χ4v) is 5.11. The van der Waals surface area contributed by atoms with Crippen LogP contribution in [0.3, 0.4) is 0 Å². The lowest BCUT2D eigenvalue weighted by Crippen LogP contribution is -2.36. The Morgan fingerprint density at radius 1 is 1.00 bits per heavy atom. The summed E-state index contributed by atoms with van der Waals surface area (Å²) in [4.78, 5) is 0. The Bertz CT molecular complexity index is 634. The van der Waals surface area contributed by atoms with E-state index in [-0.39, 0.29) is 10.2 Å². The molecule has 1 fully saturated rings. The van der Waals surface area contributed by atoms with Crippen molar-refractivity contribution in [2.45, 2.75) is 103 Å². The minimum Gasteiger partial charge on any atom is -0.591 e. The molecule has 0 spiro atoms. The summed E-state index contributed by atoms with van der Waals surface area (Å²) in [6.45, 7) is 10.2. The van der Waals surface area contributed by atoms with Gasteiger partial charge in [0.05, 0.1) is 5.71 Å². The largest absolute Gasteiger partial charge is 0.591 e. The second kappa shape index (κ2) is 12.0. The van der Waals surface area contributed by atoms with E-state index in [9.17, 15) is 4.55 Å². The summed E-state index contributed by atoms with van der Waals surface area (Å²) >= 11 is -1.22. The van der Waals surface area contributed by atoms with Crippen molar-refractivity contribution in [2.24, 2.45) is 9.81 Å². The van der Waals surface area contributed by atoms with Gasteiger partial charge in [-0.2, -0.15) is 0 Å². The molecular formula is C26H41NOS. The highest BCUT2D eigenvalue weighted by Crippen LogP contribution is 2.39. The molecule has 2 rings (SSSR count). The van der Waals surface area contributed by atoms with Gasteiger partial charge < -0.3 is 4.55 Å². The highest BCUT2D eigenvalue weighted by Gasteiger charge is 2.38. The molecule has 0 radical (unpaired) electrons. The highest BCUT2D eigenvalue weighted by molar-refractivity contribution is 7.91. The minimum absolute atomic E-state index is 0.0663. The van der Waals surface area contributed by atoms with Crippen molar-refractivity contribution >= 4 is 17.1 Å². The molecule has 0 saturated heterocycles. The molecular weight excluding hydrogens is 374 g/mol. The SMILES string of the molecule is C=CC[C@]1(Cc2ccccc2)CCCCCCCCCC/C1=N\[S+]([O-])C(C)(C)C. The van der Waals surface area contributed by atoms with E-state index in [0.717, 1.165) is 32.1 Å². The van der Waals surface area contributed by atoms with E-state index in [4.69, 9.17) is 4.40 Å². The normalized spacial score (nSPS) is 25.0. The molecule has 0 aliphatic heterocycles. The zero-order valence-electron chi connectivity index (χ0n) is 18.9. The van der Waals surface area contributed by atoms with Gasteiger partial charge in [0.15, 0.2) is 0 Å². The molecule has 0 bridgehead atoms. The van der Waals surface area contributed by atoms with Crippen LogP contribution in [0.4, 0.5) is 0 Å². The van der Waals surface area contributed by atoms with Crippen LogP contribution in [-0.4, -0.2) is 15.0 Å². The van der Waals surface area contributed by atoms with Crippen LogP contribution >= 0.6 is 0 Å². The lowest BCUT2D eigenvalue weighted by atomic mass is 9.69. The number of allylic oxidation sites excluding steroid dienone is 1. The molecule has 29 heavy (non-hydrogen) atoms. The zero-order chi connectivity index (χ0) is 21.2. The van der Waals surface area contributed by atoms with Gasteiger partial charge in [-0.15, -0.1) is 6.58 Å². The molecule has 162 valence electrons. The van der Waals surface area contributed by atoms with E-state index in [2.05, 4.69) is 43.0 Å². The molecule has 1 aliphatic carbocycles. The monoisotopic (exact) mass is 415 g/mol. The Kier molecular flexibility index (Phi) is 9.98. The predicted octanol–water partition coefficient (Wildman–Crippen LogP) is 7.61. The smallest absolute Gasteiger partial charge is 0.144 e. The summed E-state index contributed by atoms with van der Waals surface area (Å²) in [5.41, 5.74) is 2.45. The van der Waals surface area contributed by atoms with Crippen molar-refractivity contribution in [3.63, 3.8) is 0 Å². The van der Waals surface area contributed by atoms with Crippen molar-refractivity contribution in [2.75, 3.05) is 0 Å². The van der Waals surface area contributed by atoms with Crippen LogP contribution in [0.2, 0.25) is 0 Å². The molecule has 1 unspecified atom stereocenters. The molecule has 1 aromatic rings. The molecule has 3 heteroatoms. The van der Waals surface area contributed by atoms with Gasteiger partial charge in [-0.3, -0.25) is 0 Å². The molecule has 2 nitrogen and oxygen atoms in total. The van der Waals surface area contributed by atoms with Crippen molar-refractivity contribution in [3.05, 3.63) is 48.6 Å². The molecule has 2 atom stereocenters. The number of hydrogen-bond donors (Lipinski definition) is 0. The number of benzene rings is 1. The van der Waals surface area contributed by atoms with Crippen LogP contribution in [0, 0.1) is 5.41 Å². The summed E-state index contributed by atoms with van der Waals surface area (Å²) in [6.07, 6.45) is 16.2. The molecule has 0 amide bonds. The van der Waals surface area contributed by atoms with Gasteiger partial charge >= 0.3 is 0 Å². The van der Waals surface area contributed by atoms with E-state index < -0.39 is 11.4 Å².